The number of aromatic nitrogens is 2. The lowest BCUT2D eigenvalue weighted by atomic mass is 10.0. The fourth-order valence-electron chi connectivity index (χ4n) is 3.10. The fraction of sp³-hybridized carbons (Fsp3) is 0.526. The van der Waals surface area contributed by atoms with Gasteiger partial charge in [-0.2, -0.15) is 4.98 Å². The van der Waals surface area contributed by atoms with Crippen LogP contribution in [0.4, 0.5) is 4.39 Å². The minimum Gasteiger partial charge on any atom is -0.349 e. The first kappa shape index (κ1) is 16.2. The van der Waals surface area contributed by atoms with Crippen molar-refractivity contribution in [2.45, 2.75) is 56.9 Å². The van der Waals surface area contributed by atoms with E-state index >= 15 is 0 Å². The van der Waals surface area contributed by atoms with Gasteiger partial charge in [0.1, 0.15) is 5.82 Å². The summed E-state index contributed by atoms with van der Waals surface area (Å²) >= 11 is 0. The van der Waals surface area contributed by atoms with Crippen molar-refractivity contribution in [1.29, 1.82) is 0 Å². The second-order valence-electron chi connectivity index (χ2n) is 7.11. The van der Waals surface area contributed by atoms with E-state index in [-0.39, 0.29) is 17.8 Å². The predicted octanol–water partition coefficient (Wildman–Crippen LogP) is 3.68. The molecular formula is C19H22FN3O2. The Hall–Kier alpha value is -2.24. The quantitative estimate of drug-likeness (QED) is 0.794. The van der Waals surface area contributed by atoms with E-state index in [9.17, 15) is 9.18 Å². The number of carbonyl (C=O) groups is 1. The topological polar surface area (TPSA) is 68.0 Å². The van der Waals surface area contributed by atoms with E-state index in [2.05, 4.69) is 15.5 Å². The number of aryl methyl sites for hydroxylation is 1. The molecule has 4 rings (SSSR count). The second-order valence-corrected chi connectivity index (χ2v) is 7.11. The molecule has 1 amide bonds. The number of nitrogens with zero attached hydrogens (tertiary/aromatic N) is 2. The van der Waals surface area contributed by atoms with Crippen molar-refractivity contribution in [2.75, 3.05) is 0 Å². The molecular weight excluding hydrogens is 321 g/mol. The van der Waals surface area contributed by atoms with Gasteiger partial charge in [-0.1, -0.05) is 17.3 Å². The van der Waals surface area contributed by atoms with E-state index < -0.39 is 0 Å². The van der Waals surface area contributed by atoms with E-state index in [4.69, 9.17) is 4.52 Å². The molecule has 25 heavy (non-hydrogen) atoms. The molecule has 2 saturated carbocycles. The SMILES string of the molecule is O=C(CCCc1nc(C2CC2)no1)N[C@@H](c1ccc(F)cc1)C1CC1. The molecule has 0 aliphatic heterocycles. The van der Waals surface area contributed by atoms with E-state index in [0.717, 1.165) is 37.1 Å². The van der Waals surface area contributed by atoms with Crippen LogP contribution >= 0.6 is 0 Å². The Kier molecular flexibility index (Phi) is 4.51. The Balaban J connectivity index is 1.27. The summed E-state index contributed by atoms with van der Waals surface area (Å²) in [6, 6.07) is 6.40. The highest BCUT2D eigenvalue weighted by Crippen LogP contribution is 2.41. The first-order chi connectivity index (χ1) is 12.2. The maximum Gasteiger partial charge on any atom is 0.226 e. The lowest BCUT2D eigenvalue weighted by Gasteiger charge is -2.18. The third-order valence-corrected chi connectivity index (χ3v) is 4.86. The molecule has 0 saturated heterocycles. The number of halogens is 1. The first-order valence-electron chi connectivity index (χ1n) is 9.06. The summed E-state index contributed by atoms with van der Waals surface area (Å²) in [7, 11) is 0. The average Bonchev–Trinajstić information content (AvgIpc) is 3.53. The van der Waals surface area contributed by atoms with Crippen molar-refractivity contribution in [2.24, 2.45) is 5.92 Å². The summed E-state index contributed by atoms with van der Waals surface area (Å²) < 4.78 is 18.3. The third-order valence-electron chi connectivity index (χ3n) is 4.86. The molecule has 2 aliphatic rings. The molecule has 1 atom stereocenters. The van der Waals surface area contributed by atoms with Crippen molar-refractivity contribution >= 4 is 5.91 Å². The molecule has 1 aromatic heterocycles. The lowest BCUT2D eigenvalue weighted by molar-refractivity contribution is -0.122. The van der Waals surface area contributed by atoms with Crippen LogP contribution in [-0.2, 0) is 11.2 Å². The van der Waals surface area contributed by atoms with Gasteiger partial charge in [0, 0.05) is 18.8 Å². The van der Waals surface area contributed by atoms with E-state index in [0.29, 0.717) is 37.0 Å². The Bertz CT molecular complexity index is 735. The lowest BCUT2D eigenvalue weighted by Crippen LogP contribution is -2.29. The van der Waals surface area contributed by atoms with Crippen molar-refractivity contribution in [3.05, 3.63) is 47.4 Å². The van der Waals surface area contributed by atoms with Gasteiger partial charge < -0.3 is 9.84 Å². The molecule has 2 aliphatic carbocycles. The van der Waals surface area contributed by atoms with Gasteiger partial charge in [0.25, 0.3) is 0 Å². The van der Waals surface area contributed by atoms with Crippen LogP contribution in [0.25, 0.3) is 0 Å². The minimum absolute atomic E-state index is 0.0158. The highest BCUT2D eigenvalue weighted by Gasteiger charge is 2.33. The molecule has 0 bridgehead atoms. The van der Waals surface area contributed by atoms with Gasteiger partial charge in [-0.3, -0.25) is 4.79 Å². The van der Waals surface area contributed by atoms with Crippen molar-refractivity contribution in [3.8, 4) is 0 Å². The summed E-state index contributed by atoms with van der Waals surface area (Å²) in [5.74, 6) is 2.14. The van der Waals surface area contributed by atoms with Crippen LogP contribution in [0.5, 0.6) is 0 Å². The first-order valence-corrected chi connectivity index (χ1v) is 9.06. The zero-order valence-electron chi connectivity index (χ0n) is 14.1. The molecule has 132 valence electrons. The smallest absolute Gasteiger partial charge is 0.226 e. The van der Waals surface area contributed by atoms with Gasteiger partial charge in [-0.05, 0) is 55.7 Å². The molecule has 1 N–H and O–H groups in total. The van der Waals surface area contributed by atoms with E-state index in [1.165, 1.54) is 12.1 Å². The molecule has 0 radical (unpaired) electrons. The number of benzene rings is 1. The number of carbonyl (C=O) groups excluding carboxylic acids is 1. The number of amides is 1. The van der Waals surface area contributed by atoms with Crippen molar-refractivity contribution in [3.63, 3.8) is 0 Å². The Morgan fingerprint density at radius 3 is 2.68 bits per heavy atom. The zero-order chi connectivity index (χ0) is 17.2. The van der Waals surface area contributed by atoms with Crippen LogP contribution in [0, 0.1) is 11.7 Å². The van der Waals surface area contributed by atoms with Crippen molar-refractivity contribution in [1.82, 2.24) is 15.5 Å². The number of hydrogen-bond donors (Lipinski definition) is 1. The maximum absolute atomic E-state index is 13.1. The summed E-state index contributed by atoms with van der Waals surface area (Å²) in [5, 5.41) is 7.09. The molecule has 0 unspecified atom stereocenters. The Morgan fingerprint density at radius 2 is 2.00 bits per heavy atom. The summed E-state index contributed by atoms with van der Waals surface area (Å²) in [6.45, 7) is 0. The minimum atomic E-state index is -0.255. The van der Waals surface area contributed by atoms with Crippen LogP contribution in [0.1, 0.15) is 67.8 Å². The van der Waals surface area contributed by atoms with Gasteiger partial charge in [-0.25, -0.2) is 4.39 Å². The maximum atomic E-state index is 13.1. The van der Waals surface area contributed by atoms with Crippen LogP contribution in [0.15, 0.2) is 28.8 Å². The van der Waals surface area contributed by atoms with Gasteiger partial charge in [0.2, 0.25) is 11.8 Å². The molecule has 6 heteroatoms. The van der Waals surface area contributed by atoms with Crippen LogP contribution in [-0.4, -0.2) is 16.0 Å². The summed E-state index contributed by atoms with van der Waals surface area (Å²) in [4.78, 5) is 16.7. The molecule has 2 aromatic rings. The van der Waals surface area contributed by atoms with Gasteiger partial charge in [0.15, 0.2) is 5.82 Å². The van der Waals surface area contributed by atoms with Crippen LogP contribution in [0.2, 0.25) is 0 Å². The molecule has 5 nitrogen and oxygen atoms in total. The van der Waals surface area contributed by atoms with Gasteiger partial charge in [0.05, 0.1) is 6.04 Å². The molecule has 0 spiro atoms. The standard InChI is InChI=1S/C19H22FN3O2/c20-15-10-8-13(9-11-15)18(12-4-5-12)21-16(24)2-1-3-17-22-19(23-25-17)14-6-7-14/h8-12,14,18H,1-7H2,(H,21,24)/t18-/m1/s1. The average molecular weight is 343 g/mol. The van der Waals surface area contributed by atoms with Crippen LogP contribution in [0.3, 0.4) is 0 Å². The van der Waals surface area contributed by atoms with Gasteiger partial charge >= 0.3 is 0 Å². The fourth-order valence-corrected chi connectivity index (χ4v) is 3.10. The Labute approximate surface area is 146 Å². The van der Waals surface area contributed by atoms with Crippen molar-refractivity contribution < 1.29 is 13.7 Å². The molecule has 1 aromatic carbocycles. The van der Waals surface area contributed by atoms with Crippen LogP contribution < -0.4 is 5.32 Å². The highest BCUT2D eigenvalue weighted by molar-refractivity contribution is 5.76. The zero-order valence-corrected chi connectivity index (χ0v) is 14.1. The number of hydrogen-bond acceptors (Lipinski definition) is 4. The normalized spacial score (nSPS) is 18.1. The monoisotopic (exact) mass is 343 g/mol. The molecule has 1 heterocycles. The number of rotatable bonds is 8. The Morgan fingerprint density at radius 1 is 1.24 bits per heavy atom. The second kappa shape index (κ2) is 6.94. The summed E-state index contributed by atoms with van der Waals surface area (Å²) in [6.07, 6.45) is 6.23. The number of nitrogens with one attached hydrogen (secondary N) is 1. The third kappa shape index (κ3) is 4.24. The van der Waals surface area contributed by atoms with E-state index in [1.807, 2.05) is 0 Å². The van der Waals surface area contributed by atoms with E-state index in [1.54, 1.807) is 12.1 Å². The largest absolute Gasteiger partial charge is 0.349 e. The summed E-state index contributed by atoms with van der Waals surface area (Å²) in [5.41, 5.74) is 0.975. The molecule has 2 fully saturated rings. The highest BCUT2D eigenvalue weighted by atomic mass is 19.1. The predicted molar refractivity (Wildman–Crippen MR) is 89.2 cm³/mol. The van der Waals surface area contributed by atoms with Gasteiger partial charge in [-0.15, -0.1) is 0 Å².